The lowest BCUT2D eigenvalue weighted by atomic mass is 9.93. The molecule has 1 aliphatic rings. The Morgan fingerprint density at radius 2 is 1.45 bits per heavy atom. The van der Waals surface area contributed by atoms with Gasteiger partial charge in [-0.3, -0.25) is 5.32 Å². The third-order valence-corrected chi connectivity index (χ3v) is 1.95. The molecule has 0 atom stereocenters. The molecule has 1 aliphatic heterocycles. The second-order valence-electron chi connectivity index (χ2n) is 4.78. The van der Waals surface area contributed by atoms with E-state index in [1.165, 1.54) is 0 Å². The largest absolute Gasteiger partial charge is 0.634 e. The third kappa shape index (κ3) is 2.43. The second-order valence-corrected chi connectivity index (χ2v) is 4.78. The molecule has 0 aromatic carbocycles. The van der Waals surface area contributed by atoms with Gasteiger partial charge >= 0.3 is 0 Å². The van der Waals surface area contributed by atoms with Gasteiger partial charge in [-0.1, -0.05) is 0 Å². The highest BCUT2D eigenvalue weighted by atomic mass is 16.5. The van der Waals surface area contributed by atoms with Crippen molar-refractivity contribution in [3.05, 3.63) is 5.21 Å². The molecular weight excluding hydrogens is 140 g/mol. The van der Waals surface area contributed by atoms with Gasteiger partial charge in [-0.05, 0) is 27.7 Å². The summed E-state index contributed by atoms with van der Waals surface area (Å²) in [6.45, 7) is 9.63. The molecular formula is C8H18N2O. The fourth-order valence-electron chi connectivity index (χ4n) is 2.05. The van der Waals surface area contributed by atoms with Gasteiger partial charge in [-0.2, -0.15) is 0 Å². The molecule has 1 heterocycles. The normalized spacial score (nSPS) is 30.3. The van der Waals surface area contributed by atoms with E-state index in [0.29, 0.717) is 18.2 Å². The first kappa shape index (κ1) is 8.97. The van der Waals surface area contributed by atoms with Gasteiger partial charge in [0.2, 0.25) is 0 Å². The van der Waals surface area contributed by atoms with Crippen LogP contribution in [0.3, 0.4) is 0 Å². The summed E-state index contributed by atoms with van der Waals surface area (Å²) in [5.41, 5.74) is -0.0301. The Bertz CT molecular complexity index is 138. The SMILES string of the molecule is CC1(C)C[NH+]([O-])CC(C)(C)N1. The average Bonchev–Trinajstić information content (AvgIpc) is 1.49. The Morgan fingerprint density at radius 1 is 1.09 bits per heavy atom. The monoisotopic (exact) mass is 158 g/mol. The number of hydrogen-bond donors (Lipinski definition) is 2. The van der Waals surface area contributed by atoms with Crippen LogP contribution in [0.1, 0.15) is 27.7 Å². The van der Waals surface area contributed by atoms with Gasteiger partial charge in [0.15, 0.2) is 0 Å². The minimum atomic E-state index is -0.0150. The molecule has 0 aromatic rings. The molecule has 0 unspecified atom stereocenters. The molecule has 0 bridgehead atoms. The van der Waals surface area contributed by atoms with Gasteiger partial charge in [0.25, 0.3) is 0 Å². The zero-order valence-electron chi connectivity index (χ0n) is 7.82. The maximum atomic E-state index is 11.3. The third-order valence-electron chi connectivity index (χ3n) is 1.95. The van der Waals surface area contributed by atoms with Crippen molar-refractivity contribution in [2.24, 2.45) is 0 Å². The van der Waals surface area contributed by atoms with Gasteiger partial charge < -0.3 is 10.3 Å². The summed E-state index contributed by atoms with van der Waals surface area (Å²) in [7, 11) is 0. The Morgan fingerprint density at radius 3 is 1.73 bits per heavy atom. The standard InChI is InChI=1S/C8H18N2O/c1-7(2)5-10(11)6-8(3,4)9-7/h9-10H,5-6H2,1-4H3. The van der Waals surface area contributed by atoms with Crippen molar-refractivity contribution < 1.29 is 5.06 Å². The summed E-state index contributed by atoms with van der Waals surface area (Å²) in [6, 6.07) is 0. The molecule has 0 radical (unpaired) electrons. The van der Waals surface area contributed by atoms with Crippen molar-refractivity contribution in [2.45, 2.75) is 38.8 Å². The molecule has 1 rings (SSSR count). The fraction of sp³-hybridized carbons (Fsp3) is 1.00. The fourth-order valence-corrected chi connectivity index (χ4v) is 2.05. The van der Waals surface area contributed by atoms with Crippen LogP contribution in [0.4, 0.5) is 0 Å². The smallest absolute Gasteiger partial charge is 0.0948 e. The summed E-state index contributed by atoms with van der Waals surface area (Å²) in [5.74, 6) is 0. The highest BCUT2D eigenvalue weighted by molar-refractivity contribution is 4.90. The Balaban J connectivity index is 2.66. The maximum Gasteiger partial charge on any atom is 0.0948 e. The molecule has 3 heteroatoms. The van der Waals surface area contributed by atoms with Gasteiger partial charge in [0.1, 0.15) is 0 Å². The minimum Gasteiger partial charge on any atom is -0.634 e. The van der Waals surface area contributed by atoms with E-state index in [2.05, 4.69) is 33.0 Å². The van der Waals surface area contributed by atoms with Crippen molar-refractivity contribution in [1.29, 1.82) is 0 Å². The van der Waals surface area contributed by atoms with E-state index in [1.54, 1.807) is 0 Å². The quantitative estimate of drug-likeness (QED) is 0.468. The van der Waals surface area contributed by atoms with Gasteiger partial charge in [0, 0.05) is 0 Å². The Kier molecular flexibility index (Phi) is 1.99. The van der Waals surface area contributed by atoms with E-state index < -0.39 is 0 Å². The number of hydroxylamine groups is 2. The molecule has 0 aliphatic carbocycles. The number of rotatable bonds is 0. The van der Waals surface area contributed by atoms with Crippen LogP contribution in [-0.4, -0.2) is 24.2 Å². The molecule has 0 aromatic heterocycles. The highest BCUT2D eigenvalue weighted by Gasteiger charge is 2.36. The van der Waals surface area contributed by atoms with Crippen molar-refractivity contribution in [3.8, 4) is 0 Å². The Hall–Kier alpha value is -0.120. The van der Waals surface area contributed by atoms with E-state index in [0.717, 1.165) is 0 Å². The van der Waals surface area contributed by atoms with Crippen LogP contribution in [0.15, 0.2) is 0 Å². The number of hydrogen-bond acceptors (Lipinski definition) is 2. The summed E-state index contributed by atoms with van der Waals surface area (Å²) < 4.78 is 0. The van der Waals surface area contributed by atoms with Gasteiger partial charge in [-0.25, -0.2) is 0 Å². The molecule has 3 nitrogen and oxygen atoms in total. The first-order chi connectivity index (χ1) is 4.81. The summed E-state index contributed by atoms with van der Waals surface area (Å²) >= 11 is 0. The zero-order chi connectivity index (χ0) is 8.70. The van der Waals surface area contributed by atoms with E-state index in [9.17, 15) is 5.21 Å². The summed E-state index contributed by atoms with van der Waals surface area (Å²) in [5, 5.41) is 15.1. The topological polar surface area (TPSA) is 39.5 Å². The van der Waals surface area contributed by atoms with Gasteiger partial charge in [-0.15, -0.1) is 0 Å². The molecule has 66 valence electrons. The molecule has 0 spiro atoms. The van der Waals surface area contributed by atoms with Crippen molar-refractivity contribution in [1.82, 2.24) is 5.32 Å². The molecule has 0 saturated carbocycles. The second kappa shape index (κ2) is 2.44. The van der Waals surface area contributed by atoms with Crippen LogP contribution in [0, 0.1) is 5.21 Å². The predicted octanol–water partition coefficient (Wildman–Crippen LogP) is -0.470. The molecule has 1 saturated heterocycles. The van der Waals surface area contributed by atoms with E-state index in [1.807, 2.05) is 0 Å². The Labute approximate surface area is 68.3 Å². The van der Waals surface area contributed by atoms with Crippen LogP contribution in [0.25, 0.3) is 0 Å². The van der Waals surface area contributed by atoms with Crippen molar-refractivity contribution >= 4 is 0 Å². The molecule has 1 fully saturated rings. The van der Waals surface area contributed by atoms with Crippen LogP contribution >= 0.6 is 0 Å². The predicted molar refractivity (Wildman–Crippen MR) is 45.4 cm³/mol. The lowest BCUT2D eigenvalue weighted by molar-refractivity contribution is -0.863. The highest BCUT2D eigenvalue weighted by Crippen LogP contribution is 2.11. The first-order valence-electron chi connectivity index (χ1n) is 4.12. The van der Waals surface area contributed by atoms with Crippen LogP contribution in [0.2, 0.25) is 0 Å². The van der Waals surface area contributed by atoms with Crippen LogP contribution in [-0.2, 0) is 0 Å². The first-order valence-corrected chi connectivity index (χ1v) is 4.12. The minimum absolute atomic E-state index is 0.0150. The summed E-state index contributed by atoms with van der Waals surface area (Å²) in [4.78, 5) is 0. The summed E-state index contributed by atoms with van der Waals surface area (Å²) in [6.07, 6.45) is 0. The molecule has 11 heavy (non-hydrogen) atoms. The molecule has 0 amide bonds. The van der Waals surface area contributed by atoms with E-state index >= 15 is 0 Å². The van der Waals surface area contributed by atoms with E-state index in [-0.39, 0.29) is 11.1 Å². The number of nitrogens with one attached hydrogen (secondary N) is 2. The molecule has 2 N–H and O–H groups in total. The number of piperazine rings is 1. The van der Waals surface area contributed by atoms with Crippen LogP contribution < -0.4 is 10.4 Å². The van der Waals surface area contributed by atoms with Crippen LogP contribution in [0.5, 0.6) is 0 Å². The van der Waals surface area contributed by atoms with Crippen molar-refractivity contribution in [3.63, 3.8) is 0 Å². The number of quaternary nitrogens is 1. The van der Waals surface area contributed by atoms with Crippen molar-refractivity contribution in [2.75, 3.05) is 13.1 Å². The average molecular weight is 158 g/mol. The lowest BCUT2D eigenvalue weighted by Gasteiger charge is -2.47. The zero-order valence-corrected chi connectivity index (χ0v) is 7.82. The van der Waals surface area contributed by atoms with E-state index in [4.69, 9.17) is 0 Å². The maximum absolute atomic E-state index is 11.3. The van der Waals surface area contributed by atoms with Gasteiger partial charge in [0.05, 0.1) is 24.2 Å². The lowest BCUT2D eigenvalue weighted by Crippen LogP contribution is -3.14.